The number of nitrogens with one attached hydrogen (secondary N) is 1. The van der Waals surface area contributed by atoms with Crippen LogP contribution in [-0.2, 0) is 6.54 Å². The normalized spacial score (nSPS) is 12.6. The fourth-order valence-corrected chi connectivity index (χ4v) is 2.53. The lowest BCUT2D eigenvalue weighted by Gasteiger charge is -2.20. The van der Waals surface area contributed by atoms with Gasteiger partial charge >= 0.3 is 0 Å². The Labute approximate surface area is 123 Å². The van der Waals surface area contributed by atoms with Crippen LogP contribution in [-0.4, -0.2) is 16.1 Å². The minimum absolute atomic E-state index is 0.157. The van der Waals surface area contributed by atoms with Crippen LogP contribution < -0.4 is 5.32 Å². The first-order valence-electron chi connectivity index (χ1n) is 6.87. The van der Waals surface area contributed by atoms with E-state index in [4.69, 9.17) is 11.6 Å². The smallest absolute Gasteiger partial charge is 0.142 e. The first kappa shape index (κ1) is 15.0. The minimum atomic E-state index is -0.402. The van der Waals surface area contributed by atoms with Crippen LogP contribution in [0.15, 0.2) is 30.6 Å². The van der Waals surface area contributed by atoms with Crippen molar-refractivity contribution >= 4 is 11.6 Å². The van der Waals surface area contributed by atoms with E-state index in [0.29, 0.717) is 0 Å². The molecule has 0 bridgehead atoms. The largest absolute Gasteiger partial charge is 0.333 e. The zero-order valence-corrected chi connectivity index (χ0v) is 12.5. The van der Waals surface area contributed by atoms with Crippen molar-refractivity contribution in [1.82, 2.24) is 14.9 Å². The van der Waals surface area contributed by atoms with Crippen molar-refractivity contribution < 1.29 is 4.39 Å². The molecule has 0 amide bonds. The average Bonchev–Trinajstić information content (AvgIpc) is 2.88. The van der Waals surface area contributed by atoms with Gasteiger partial charge in [0.05, 0.1) is 11.1 Å². The summed E-state index contributed by atoms with van der Waals surface area (Å²) in [6, 6.07) is 4.68. The first-order chi connectivity index (χ1) is 9.69. The molecule has 1 N–H and O–H groups in total. The molecule has 0 saturated carbocycles. The lowest BCUT2D eigenvalue weighted by molar-refractivity contribution is 0.540. The average molecular weight is 296 g/mol. The van der Waals surface area contributed by atoms with Gasteiger partial charge in [-0.05, 0) is 24.6 Å². The van der Waals surface area contributed by atoms with Crippen molar-refractivity contribution in [3.05, 3.63) is 52.8 Å². The lowest BCUT2D eigenvalue weighted by atomic mass is 10.1. The van der Waals surface area contributed by atoms with E-state index in [1.807, 2.05) is 19.2 Å². The fraction of sp³-hybridized carbons (Fsp3) is 0.400. The summed E-state index contributed by atoms with van der Waals surface area (Å²) < 4.78 is 15.8. The standard InChI is InChI=1S/C15H19ClFN3/c1-3-9-20-10-8-19-15(20)14(18-4-2)11-6-5-7-12(17)13(11)16/h5-8,10,14,18H,3-4,9H2,1-2H3. The number of hydrogen-bond acceptors (Lipinski definition) is 2. The molecular formula is C15H19ClFN3. The highest BCUT2D eigenvalue weighted by molar-refractivity contribution is 6.31. The molecule has 1 aromatic carbocycles. The number of rotatable bonds is 6. The molecule has 2 rings (SSSR count). The second-order valence-electron chi connectivity index (χ2n) is 4.61. The van der Waals surface area contributed by atoms with Crippen molar-refractivity contribution in [2.24, 2.45) is 0 Å². The second-order valence-corrected chi connectivity index (χ2v) is 4.99. The predicted molar refractivity (Wildman–Crippen MR) is 79.4 cm³/mol. The van der Waals surface area contributed by atoms with E-state index in [2.05, 4.69) is 21.8 Å². The molecule has 0 aliphatic rings. The van der Waals surface area contributed by atoms with Crippen molar-refractivity contribution in [3.8, 4) is 0 Å². The Morgan fingerprint density at radius 3 is 2.90 bits per heavy atom. The summed E-state index contributed by atoms with van der Waals surface area (Å²) in [7, 11) is 0. The summed E-state index contributed by atoms with van der Waals surface area (Å²) in [4.78, 5) is 4.42. The summed E-state index contributed by atoms with van der Waals surface area (Å²) in [5.74, 6) is 0.460. The third-order valence-corrected chi connectivity index (χ3v) is 3.57. The number of imidazole rings is 1. The van der Waals surface area contributed by atoms with Crippen molar-refractivity contribution in [1.29, 1.82) is 0 Å². The Morgan fingerprint density at radius 1 is 1.40 bits per heavy atom. The van der Waals surface area contributed by atoms with Gasteiger partial charge in [0.2, 0.25) is 0 Å². The van der Waals surface area contributed by atoms with E-state index in [9.17, 15) is 4.39 Å². The Balaban J connectivity index is 2.45. The van der Waals surface area contributed by atoms with Crippen molar-refractivity contribution in [2.45, 2.75) is 32.9 Å². The Bertz CT molecular complexity index is 568. The van der Waals surface area contributed by atoms with E-state index in [1.165, 1.54) is 6.07 Å². The highest BCUT2D eigenvalue weighted by atomic mass is 35.5. The van der Waals surface area contributed by atoms with Gasteiger partial charge < -0.3 is 9.88 Å². The fourth-order valence-electron chi connectivity index (χ4n) is 2.30. The Kier molecular flexibility index (Phi) is 5.15. The molecule has 1 atom stereocenters. The zero-order chi connectivity index (χ0) is 14.5. The number of aryl methyl sites for hydroxylation is 1. The number of hydrogen-bond donors (Lipinski definition) is 1. The van der Waals surface area contributed by atoms with E-state index in [1.54, 1.807) is 12.3 Å². The van der Waals surface area contributed by atoms with E-state index in [0.717, 1.165) is 30.9 Å². The van der Waals surface area contributed by atoms with Gasteiger partial charge in [-0.3, -0.25) is 0 Å². The number of halogens is 2. The topological polar surface area (TPSA) is 29.9 Å². The van der Waals surface area contributed by atoms with E-state index < -0.39 is 5.82 Å². The van der Waals surface area contributed by atoms with E-state index >= 15 is 0 Å². The molecule has 5 heteroatoms. The number of nitrogens with zero attached hydrogens (tertiary/aromatic N) is 2. The Hall–Kier alpha value is -1.39. The van der Waals surface area contributed by atoms with Crippen LogP contribution in [0.5, 0.6) is 0 Å². The van der Waals surface area contributed by atoms with Gasteiger partial charge in [0.1, 0.15) is 11.6 Å². The zero-order valence-electron chi connectivity index (χ0n) is 11.7. The van der Waals surface area contributed by atoms with Gasteiger partial charge in [0, 0.05) is 18.9 Å². The van der Waals surface area contributed by atoms with Crippen LogP contribution >= 0.6 is 11.6 Å². The quantitative estimate of drug-likeness (QED) is 0.879. The van der Waals surface area contributed by atoms with Crippen molar-refractivity contribution in [3.63, 3.8) is 0 Å². The van der Waals surface area contributed by atoms with Crippen LogP contribution in [0.1, 0.15) is 37.7 Å². The summed E-state index contributed by atoms with van der Waals surface area (Å²) >= 11 is 6.12. The maximum Gasteiger partial charge on any atom is 0.142 e. The molecule has 2 aromatic rings. The maximum atomic E-state index is 13.7. The van der Waals surface area contributed by atoms with Crippen LogP contribution in [0.25, 0.3) is 0 Å². The molecule has 1 unspecified atom stereocenters. The maximum absolute atomic E-state index is 13.7. The van der Waals surface area contributed by atoms with Gasteiger partial charge in [0.25, 0.3) is 0 Å². The third-order valence-electron chi connectivity index (χ3n) is 3.17. The molecule has 0 spiro atoms. The molecule has 1 aromatic heterocycles. The highest BCUT2D eigenvalue weighted by Gasteiger charge is 2.21. The third kappa shape index (κ3) is 3.02. The lowest BCUT2D eigenvalue weighted by Crippen LogP contribution is -2.26. The van der Waals surface area contributed by atoms with E-state index in [-0.39, 0.29) is 11.1 Å². The first-order valence-corrected chi connectivity index (χ1v) is 7.25. The van der Waals surface area contributed by atoms with Crippen molar-refractivity contribution in [2.75, 3.05) is 6.54 Å². The monoisotopic (exact) mass is 295 g/mol. The van der Waals surface area contributed by atoms with Crippen LogP contribution in [0.3, 0.4) is 0 Å². The van der Waals surface area contributed by atoms with Gasteiger partial charge in [0.15, 0.2) is 0 Å². The summed E-state index contributed by atoms with van der Waals surface area (Å²) in [6.07, 6.45) is 4.72. The van der Waals surface area contributed by atoms with Crippen LogP contribution in [0.2, 0.25) is 5.02 Å². The molecule has 0 aliphatic heterocycles. The molecule has 0 saturated heterocycles. The molecule has 20 heavy (non-hydrogen) atoms. The minimum Gasteiger partial charge on any atom is -0.333 e. The molecule has 0 fully saturated rings. The van der Waals surface area contributed by atoms with Gasteiger partial charge in [-0.25, -0.2) is 9.37 Å². The number of aromatic nitrogens is 2. The summed E-state index contributed by atoms with van der Waals surface area (Å²) in [6.45, 7) is 5.75. The summed E-state index contributed by atoms with van der Waals surface area (Å²) in [5.41, 5.74) is 0.720. The molecule has 3 nitrogen and oxygen atoms in total. The van der Waals surface area contributed by atoms with Gasteiger partial charge in [-0.1, -0.05) is 37.6 Å². The highest BCUT2D eigenvalue weighted by Crippen LogP contribution is 2.29. The molecular weight excluding hydrogens is 277 g/mol. The summed E-state index contributed by atoms with van der Waals surface area (Å²) in [5, 5.41) is 3.49. The van der Waals surface area contributed by atoms with Crippen LogP contribution in [0.4, 0.5) is 4.39 Å². The number of benzene rings is 1. The molecule has 108 valence electrons. The molecule has 0 aliphatic carbocycles. The SMILES string of the molecule is CCCn1ccnc1C(NCC)c1cccc(F)c1Cl. The van der Waals surface area contributed by atoms with Crippen LogP contribution in [0, 0.1) is 5.82 Å². The van der Waals surface area contributed by atoms with Gasteiger partial charge in [-0.15, -0.1) is 0 Å². The predicted octanol–water partition coefficient (Wildman–Crippen LogP) is 3.78. The molecule has 0 radical (unpaired) electrons. The molecule has 1 heterocycles. The van der Waals surface area contributed by atoms with Gasteiger partial charge in [-0.2, -0.15) is 0 Å². The second kappa shape index (κ2) is 6.86. The Morgan fingerprint density at radius 2 is 2.20 bits per heavy atom.